The van der Waals surface area contributed by atoms with Gasteiger partial charge in [0.1, 0.15) is 4.90 Å². The lowest BCUT2D eigenvalue weighted by Gasteiger charge is -2.19. The van der Waals surface area contributed by atoms with E-state index in [1.54, 1.807) is 13.0 Å². The first-order valence-electron chi connectivity index (χ1n) is 6.33. The molecule has 0 aliphatic heterocycles. The molecule has 0 aliphatic rings. The van der Waals surface area contributed by atoms with Crippen LogP contribution in [-0.4, -0.2) is 34.2 Å². The molecule has 0 saturated heterocycles. The lowest BCUT2D eigenvalue weighted by molar-refractivity contribution is 0.418. The SMILES string of the molecule is CCN(Cc1cccc(C)n1)S(=O)(=O)c1cnc(Cl)nc1. The Labute approximate surface area is 128 Å². The molecule has 2 rings (SSSR count). The Morgan fingerprint density at radius 2 is 1.90 bits per heavy atom. The van der Waals surface area contributed by atoms with Gasteiger partial charge in [-0.1, -0.05) is 13.0 Å². The molecule has 0 fully saturated rings. The average Bonchev–Trinajstić information content (AvgIpc) is 2.45. The molecule has 2 aromatic rings. The minimum absolute atomic E-state index is 0.0114. The van der Waals surface area contributed by atoms with E-state index in [0.29, 0.717) is 12.2 Å². The molecule has 0 amide bonds. The molecule has 0 atom stereocenters. The van der Waals surface area contributed by atoms with Gasteiger partial charge in [-0.3, -0.25) is 4.98 Å². The molecule has 0 saturated carbocycles. The first kappa shape index (κ1) is 15.8. The van der Waals surface area contributed by atoms with E-state index in [1.165, 1.54) is 16.7 Å². The van der Waals surface area contributed by atoms with Crippen LogP contribution in [0.2, 0.25) is 5.28 Å². The highest BCUT2D eigenvalue weighted by molar-refractivity contribution is 7.89. The van der Waals surface area contributed by atoms with Crippen molar-refractivity contribution in [1.29, 1.82) is 0 Å². The Balaban J connectivity index is 2.29. The van der Waals surface area contributed by atoms with Crippen LogP contribution in [-0.2, 0) is 16.6 Å². The molecule has 0 spiro atoms. The van der Waals surface area contributed by atoms with Crippen molar-refractivity contribution < 1.29 is 8.42 Å². The first-order chi connectivity index (χ1) is 9.93. The van der Waals surface area contributed by atoms with Gasteiger partial charge in [-0.2, -0.15) is 4.31 Å². The molecule has 0 aromatic carbocycles. The molecule has 0 radical (unpaired) electrons. The lowest BCUT2D eigenvalue weighted by Crippen LogP contribution is -2.31. The van der Waals surface area contributed by atoms with Gasteiger partial charge in [0, 0.05) is 12.2 Å². The van der Waals surface area contributed by atoms with Crippen molar-refractivity contribution in [1.82, 2.24) is 19.3 Å². The average molecular weight is 327 g/mol. The number of nitrogens with zero attached hydrogens (tertiary/aromatic N) is 4. The highest BCUT2D eigenvalue weighted by atomic mass is 35.5. The molecule has 21 heavy (non-hydrogen) atoms. The third-order valence-electron chi connectivity index (χ3n) is 2.87. The zero-order chi connectivity index (χ0) is 15.5. The van der Waals surface area contributed by atoms with Crippen molar-refractivity contribution in [3.05, 3.63) is 47.3 Å². The Hall–Kier alpha value is -1.57. The Morgan fingerprint density at radius 3 is 2.48 bits per heavy atom. The largest absolute Gasteiger partial charge is 0.257 e. The second kappa shape index (κ2) is 6.46. The third kappa shape index (κ3) is 3.75. The standard InChI is InChI=1S/C13H15ClN4O2S/c1-3-18(9-11-6-4-5-10(2)17-11)21(19,20)12-7-15-13(14)16-8-12/h4-8H,3,9H2,1-2H3. The summed E-state index contributed by atoms with van der Waals surface area (Å²) >= 11 is 5.58. The summed E-state index contributed by atoms with van der Waals surface area (Å²) in [4.78, 5) is 11.8. The van der Waals surface area contributed by atoms with Gasteiger partial charge in [-0.25, -0.2) is 18.4 Å². The van der Waals surface area contributed by atoms with Gasteiger partial charge in [0.25, 0.3) is 0 Å². The van der Waals surface area contributed by atoms with E-state index >= 15 is 0 Å². The van der Waals surface area contributed by atoms with Crippen molar-refractivity contribution in [2.75, 3.05) is 6.54 Å². The van der Waals surface area contributed by atoms with Gasteiger partial charge in [-0.05, 0) is 30.7 Å². The molecule has 8 heteroatoms. The Bertz CT molecular complexity index is 719. The van der Waals surface area contributed by atoms with Gasteiger partial charge in [0.2, 0.25) is 15.3 Å². The van der Waals surface area contributed by atoms with E-state index in [2.05, 4.69) is 15.0 Å². The fourth-order valence-corrected chi connectivity index (χ4v) is 3.23. The summed E-state index contributed by atoms with van der Waals surface area (Å²) in [5.41, 5.74) is 1.53. The summed E-state index contributed by atoms with van der Waals surface area (Å²) < 4.78 is 26.4. The molecule has 2 aromatic heterocycles. The van der Waals surface area contributed by atoms with Gasteiger partial charge < -0.3 is 0 Å². The van der Waals surface area contributed by atoms with Crippen LogP contribution >= 0.6 is 11.6 Å². The molecule has 0 unspecified atom stereocenters. The summed E-state index contributed by atoms with van der Waals surface area (Å²) in [6, 6.07) is 5.51. The zero-order valence-corrected chi connectivity index (χ0v) is 13.3. The lowest BCUT2D eigenvalue weighted by atomic mass is 10.3. The van der Waals surface area contributed by atoms with Gasteiger partial charge >= 0.3 is 0 Å². The fourth-order valence-electron chi connectivity index (χ4n) is 1.82. The molecular formula is C13H15ClN4O2S. The minimum atomic E-state index is -3.67. The number of aryl methyl sites for hydroxylation is 1. The fraction of sp³-hybridized carbons (Fsp3) is 0.308. The highest BCUT2D eigenvalue weighted by Crippen LogP contribution is 2.17. The second-order valence-corrected chi connectivity index (χ2v) is 6.67. The molecule has 0 bridgehead atoms. The normalized spacial score (nSPS) is 11.8. The predicted octanol–water partition coefficient (Wildman–Crippen LogP) is 2.04. The molecule has 0 N–H and O–H groups in total. The van der Waals surface area contributed by atoms with Crippen molar-refractivity contribution in [2.24, 2.45) is 0 Å². The maximum absolute atomic E-state index is 12.5. The van der Waals surface area contributed by atoms with Gasteiger partial charge in [0.05, 0.1) is 24.6 Å². The molecule has 0 aliphatic carbocycles. The van der Waals surface area contributed by atoms with E-state index in [9.17, 15) is 8.42 Å². The van der Waals surface area contributed by atoms with Gasteiger partial charge in [0.15, 0.2) is 0 Å². The first-order valence-corrected chi connectivity index (χ1v) is 8.15. The predicted molar refractivity (Wildman–Crippen MR) is 79.3 cm³/mol. The van der Waals surface area contributed by atoms with Crippen LogP contribution in [0, 0.1) is 6.92 Å². The van der Waals surface area contributed by atoms with Crippen molar-refractivity contribution >= 4 is 21.6 Å². The molecular weight excluding hydrogens is 312 g/mol. The van der Waals surface area contributed by atoms with Crippen LogP contribution in [0.5, 0.6) is 0 Å². The number of aromatic nitrogens is 3. The number of rotatable bonds is 5. The van der Waals surface area contributed by atoms with Gasteiger partial charge in [-0.15, -0.1) is 0 Å². The summed E-state index contributed by atoms with van der Waals surface area (Å²) in [6.45, 7) is 4.15. The number of hydrogen-bond donors (Lipinski definition) is 0. The van der Waals surface area contributed by atoms with Crippen LogP contribution < -0.4 is 0 Å². The van der Waals surface area contributed by atoms with E-state index in [4.69, 9.17) is 11.6 Å². The van der Waals surface area contributed by atoms with E-state index < -0.39 is 10.0 Å². The quantitative estimate of drug-likeness (QED) is 0.786. The maximum atomic E-state index is 12.5. The summed E-state index contributed by atoms with van der Waals surface area (Å²) in [7, 11) is -3.67. The van der Waals surface area contributed by atoms with Crippen LogP contribution in [0.25, 0.3) is 0 Å². The van der Waals surface area contributed by atoms with Crippen LogP contribution in [0.3, 0.4) is 0 Å². The van der Waals surface area contributed by atoms with Crippen LogP contribution in [0.15, 0.2) is 35.5 Å². The van der Waals surface area contributed by atoms with Crippen LogP contribution in [0.1, 0.15) is 18.3 Å². The number of hydrogen-bond acceptors (Lipinski definition) is 5. The number of pyridine rings is 1. The van der Waals surface area contributed by atoms with Crippen molar-refractivity contribution in [3.8, 4) is 0 Å². The summed E-state index contributed by atoms with van der Waals surface area (Å²) in [6.07, 6.45) is 2.41. The minimum Gasteiger partial charge on any atom is -0.257 e. The third-order valence-corrected chi connectivity index (χ3v) is 4.94. The van der Waals surface area contributed by atoms with E-state index in [-0.39, 0.29) is 16.7 Å². The zero-order valence-electron chi connectivity index (χ0n) is 11.7. The van der Waals surface area contributed by atoms with Crippen molar-refractivity contribution in [2.45, 2.75) is 25.3 Å². The molecule has 6 nitrogen and oxygen atoms in total. The molecule has 2 heterocycles. The Kier molecular flexibility index (Phi) is 4.87. The topological polar surface area (TPSA) is 76.1 Å². The number of sulfonamides is 1. The summed E-state index contributed by atoms with van der Waals surface area (Å²) in [5, 5.41) is 0.0114. The second-order valence-electron chi connectivity index (χ2n) is 4.39. The Morgan fingerprint density at radius 1 is 1.24 bits per heavy atom. The smallest absolute Gasteiger partial charge is 0.246 e. The van der Waals surface area contributed by atoms with E-state index in [0.717, 1.165) is 5.69 Å². The maximum Gasteiger partial charge on any atom is 0.246 e. The van der Waals surface area contributed by atoms with Crippen LogP contribution in [0.4, 0.5) is 0 Å². The number of halogens is 1. The summed E-state index contributed by atoms with van der Waals surface area (Å²) in [5.74, 6) is 0. The molecule has 112 valence electrons. The van der Waals surface area contributed by atoms with Crippen molar-refractivity contribution in [3.63, 3.8) is 0 Å². The van der Waals surface area contributed by atoms with E-state index in [1.807, 2.05) is 19.1 Å². The monoisotopic (exact) mass is 326 g/mol. The highest BCUT2D eigenvalue weighted by Gasteiger charge is 2.24.